The molecule has 0 saturated carbocycles. The second-order valence-electron chi connectivity index (χ2n) is 4.62. The van der Waals surface area contributed by atoms with Gasteiger partial charge in [0.15, 0.2) is 0 Å². The van der Waals surface area contributed by atoms with Crippen molar-refractivity contribution < 1.29 is 9.53 Å². The molecule has 0 unspecified atom stereocenters. The number of cyclic esters (lactones) is 1. The van der Waals surface area contributed by atoms with Gasteiger partial charge in [0.1, 0.15) is 5.60 Å². The van der Waals surface area contributed by atoms with E-state index in [4.69, 9.17) is 10.5 Å². The molecule has 1 aromatic carbocycles. The van der Waals surface area contributed by atoms with E-state index in [1.165, 1.54) is 0 Å². The van der Waals surface area contributed by atoms with Gasteiger partial charge in [0.05, 0.1) is 0 Å². The zero-order valence-corrected chi connectivity index (χ0v) is 9.56. The van der Waals surface area contributed by atoms with Gasteiger partial charge in [-0.1, -0.05) is 0 Å². The zero-order valence-electron chi connectivity index (χ0n) is 9.56. The minimum absolute atomic E-state index is 0.291. The second-order valence-corrected chi connectivity index (χ2v) is 4.62. The van der Waals surface area contributed by atoms with E-state index >= 15 is 0 Å². The van der Waals surface area contributed by atoms with E-state index in [9.17, 15) is 4.79 Å². The van der Waals surface area contributed by atoms with Gasteiger partial charge in [-0.05, 0) is 38.1 Å². The van der Waals surface area contributed by atoms with Crippen molar-refractivity contribution in [2.24, 2.45) is 0 Å². The summed E-state index contributed by atoms with van der Waals surface area (Å²) in [6.45, 7) is 4.52. The number of carbonyl (C=O) groups is 1. The molecule has 1 aromatic rings. The van der Waals surface area contributed by atoms with Crippen molar-refractivity contribution >= 4 is 17.5 Å². The normalized spacial score (nSPS) is 19.4. The first-order chi connectivity index (χ1) is 7.48. The minimum atomic E-state index is -0.360. The van der Waals surface area contributed by atoms with Crippen LogP contribution in [0.4, 0.5) is 16.2 Å². The van der Waals surface area contributed by atoms with Crippen molar-refractivity contribution in [2.75, 3.05) is 17.2 Å². The molecule has 1 saturated heterocycles. The molecule has 2 rings (SSSR count). The van der Waals surface area contributed by atoms with Gasteiger partial charge in [0.25, 0.3) is 0 Å². The smallest absolute Gasteiger partial charge is 0.414 e. The summed E-state index contributed by atoms with van der Waals surface area (Å²) in [6.07, 6.45) is 0.532. The van der Waals surface area contributed by atoms with Crippen LogP contribution in [0.1, 0.15) is 20.3 Å². The average molecular weight is 220 g/mol. The van der Waals surface area contributed by atoms with Crippen molar-refractivity contribution in [2.45, 2.75) is 25.9 Å². The fourth-order valence-corrected chi connectivity index (χ4v) is 1.70. The molecular weight excluding hydrogens is 204 g/mol. The third-order valence-electron chi connectivity index (χ3n) is 2.73. The minimum Gasteiger partial charge on any atom is -0.443 e. The number of nitrogens with two attached hydrogens (primary N) is 1. The Morgan fingerprint density at radius 3 is 2.50 bits per heavy atom. The predicted octanol–water partition coefficient (Wildman–Crippen LogP) is 2.39. The molecule has 2 N–H and O–H groups in total. The van der Waals surface area contributed by atoms with Crippen LogP contribution in [0.25, 0.3) is 0 Å². The maximum Gasteiger partial charge on any atom is 0.414 e. The number of hydrogen-bond donors (Lipinski definition) is 1. The molecule has 1 aliphatic heterocycles. The Balaban J connectivity index is 2.17. The van der Waals surface area contributed by atoms with Crippen LogP contribution >= 0.6 is 0 Å². The molecule has 0 aliphatic carbocycles. The largest absolute Gasteiger partial charge is 0.443 e. The van der Waals surface area contributed by atoms with Crippen LogP contribution in [-0.2, 0) is 4.74 Å². The number of hydrogen-bond acceptors (Lipinski definition) is 3. The molecule has 0 radical (unpaired) electrons. The van der Waals surface area contributed by atoms with Crippen LogP contribution < -0.4 is 10.6 Å². The summed E-state index contributed by atoms with van der Waals surface area (Å²) in [5.74, 6) is 0. The Labute approximate surface area is 95.0 Å². The Morgan fingerprint density at radius 1 is 1.31 bits per heavy atom. The van der Waals surface area contributed by atoms with E-state index in [-0.39, 0.29) is 11.7 Å². The summed E-state index contributed by atoms with van der Waals surface area (Å²) in [5, 5.41) is 0. The SMILES string of the molecule is CC1(C)CCN(c2ccc(N)cc2)C(=O)O1. The quantitative estimate of drug-likeness (QED) is 0.739. The Bertz CT molecular complexity index is 398. The molecule has 4 heteroatoms. The van der Waals surface area contributed by atoms with Crippen LogP contribution in [0.5, 0.6) is 0 Å². The highest BCUT2D eigenvalue weighted by atomic mass is 16.6. The topological polar surface area (TPSA) is 55.6 Å². The lowest BCUT2D eigenvalue weighted by Gasteiger charge is -2.36. The van der Waals surface area contributed by atoms with Crippen LogP contribution in [0.2, 0.25) is 0 Å². The third kappa shape index (κ3) is 2.10. The van der Waals surface area contributed by atoms with Gasteiger partial charge in [-0.2, -0.15) is 0 Å². The first-order valence-corrected chi connectivity index (χ1v) is 5.34. The Hall–Kier alpha value is -1.71. The van der Waals surface area contributed by atoms with Gasteiger partial charge in [-0.15, -0.1) is 0 Å². The van der Waals surface area contributed by atoms with E-state index in [0.29, 0.717) is 12.2 Å². The number of anilines is 2. The first kappa shape index (κ1) is 10.8. The van der Waals surface area contributed by atoms with Gasteiger partial charge in [-0.25, -0.2) is 4.79 Å². The molecule has 16 heavy (non-hydrogen) atoms. The average Bonchev–Trinajstić information content (AvgIpc) is 2.19. The lowest BCUT2D eigenvalue weighted by atomic mass is 10.0. The standard InChI is InChI=1S/C12H16N2O2/c1-12(2)7-8-14(11(15)16-12)10-5-3-9(13)4-6-10/h3-6H,7-8,13H2,1-2H3. The molecule has 0 bridgehead atoms. The highest BCUT2D eigenvalue weighted by Gasteiger charge is 2.33. The van der Waals surface area contributed by atoms with Crippen molar-refractivity contribution in [3.8, 4) is 0 Å². The van der Waals surface area contributed by atoms with Gasteiger partial charge in [0.2, 0.25) is 0 Å². The van der Waals surface area contributed by atoms with Crippen molar-refractivity contribution in [1.29, 1.82) is 0 Å². The van der Waals surface area contributed by atoms with Gasteiger partial charge in [0, 0.05) is 24.3 Å². The molecule has 1 fully saturated rings. The Morgan fingerprint density at radius 2 is 1.94 bits per heavy atom. The van der Waals surface area contributed by atoms with Crippen molar-refractivity contribution in [3.63, 3.8) is 0 Å². The van der Waals surface area contributed by atoms with Crippen LogP contribution in [0.15, 0.2) is 24.3 Å². The highest BCUT2D eigenvalue weighted by Crippen LogP contribution is 2.27. The number of nitrogen functional groups attached to an aromatic ring is 1. The third-order valence-corrected chi connectivity index (χ3v) is 2.73. The summed E-state index contributed by atoms with van der Waals surface area (Å²) < 4.78 is 5.33. The molecule has 0 atom stereocenters. The van der Waals surface area contributed by atoms with Crippen LogP contribution in [0.3, 0.4) is 0 Å². The Kier molecular flexibility index (Phi) is 2.50. The van der Waals surface area contributed by atoms with Crippen molar-refractivity contribution in [1.82, 2.24) is 0 Å². The fraction of sp³-hybridized carbons (Fsp3) is 0.417. The number of nitrogens with zero attached hydrogens (tertiary/aromatic N) is 1. The zero-order chi connectivity index (χ0) is 11.8. The summed E-state index contributed by atoms with van der Waals surface area (Å²) >= 11 is 0. The summed E-state index contributed by atoms with van der Waals surface area (Å²) in [4.78, 5) is 13.4. The number of benzene rings is 1. The van der Waals surface area contributed by atoms with E-state index in [1.54, 1.807) is 17.0 Å². The van der Waals surface area contributed by atoms with Gasteiger partial charge >= 0.3 is 6.09 Å². The van der Waals surface area contributed by atoms with Crippen LogP contribution in [-0.4, -0.2) is 18.2 Å². The second kappa shape index (κ2) is 3.70. The summed E-state index contributed by atoms with van der Waals surface area (Å²) in [7, 11) is 0. The first-order valence-electron chi connectivity index (χ1n) is 5.34. The lowest BCUT2D eigenvalue weighted by molar-refractivity contribution is 0.0236. The monoisotopic (exact) mass is 220 g/mol. The molecule has 1 aliphatic rings. The molecule has 1 amide bonds. The van der Waals surface area contributed by atoms with E-state index < -0.39 is 0 Å². The summed E-state index contributed by atoms with van der Waals surface area (Å²) in [6, 6.07) is 7.22. The lowest BCUT2D eigenvalue weighted by Crippen LogP contribution is -2.46. The van der Waals surface area contributed by atoms with Crippen molar-refractivity contribution in [3.05, 3.63) is 24.3 Å². The van der Waals surface area contributed by atoms with E-state index in [1.807, 2.05) is 26.0 Å². The molecule has 0 spiro atoms. The number of carbonyl (C=O) groups excluding carboxylic acids is 1. The number of amides is 1. The predicted molar refractivity (Wildman–Crippen MR) is 63.4 cm³/mol. The van der Waals surface area contributed by atoms with Crippen LogP contribution in [0, 0.1) is 0 Å². The van der Waals surface area contributed by atoms with Gasteiger partial charge in [-0.3, -0.25) is 4.90 Å². The van der Waals surface area contributed by atoms with E-state index in [0.717, 1.165) is 12.1 Å². The fourth-order valence-electron chi connectivity index (χ4n) is 1.70. The number of ether oxygens (including phenoxy) is 1. The maximum absolute atomic E-state index is 11.8. The van der Waals surface area contributed by atoms with Gasteiger partial charge < -0.3 is 10.5 Å². The maximum atomic E-state index is 11.8. The molecule has 4 nitrogen and oxygen atoms in total. The molecule has 1 heterocycles. The van der Waals surface area contributed by atoms with E-state index in [2.05, 4.69) is 0 Å². The summed E-state index contributed by atoms with van der Waals surface area (Å²) in [5.41, 5.74) is 6.76. The molecule has 86 valence electrons. The number of rotatable bonds is 1. The molecular formula is C12H16N2O2. The molecule has 0 aromatic heterocycles. The highest BCUT2D eigenvalue weighted by molar-refractivity contribution is 5.88.